The largest absolute Gasteiger partial charge is 0.429 e. The maximum atomic E-state index is 11.2. The van der Waals surface area contributed by atoms with E-state index < -0.39 is 18.4 Å². The Morgan fingerprint density at radius 1 is 1.20 bits per heavy atom. The molecule has 1 aliphatic heterocycles. The van der Waals surface area contributed by atoms with Crippen LogP contribution in [0.4, 0.5) is 0 Å². The molecule has 0 aromatic rings. The number of hydrogen-bond acceptors (Lipinski definition) is 4. The summed E-state index contributed by atoms with van der Waals surface area (Å²) in [5.74, 6) is 1.98. The lowest BCUT2D eigenvalue weighted by Gasteiger charge is -2.57. The van der Waals surface area contributed by atoms with Gasteiger partial charge in [0.05, 0.1) is 6.10 Å². The molecule has 5 rings (SSSR count). The first-order valence-corrected chi connectivity index (χ1v) is 7.81. The second-order valence-electron chi connectivity index (χ2n) is 7.57. The normalized spacial score (nSPS) is 47.3. The molecule has 20 heavy (non-hydrogen) atoms. The van der Waals surface area contributed by atoms with Gasteiger partial charge >= 0.3 is 5.97 Å². The fraction of sp³-hybridized carbons (Fsp3) is 0.812. The SMILES string of the molecule is O=C1C=C(C(O)CC23CC4CC(CC(C4)C2)C3)C(O)O1. The number of rotatable bonds is 3. The van der Waals surface area contributed by atoms with Crippen molar-refractivity contribution in [2.24, 2.45) is 23.2 Å². The zero-order valence-corrected chi connectivity index (χ0v) is 11.6. The van der Waals surface area contributed by atoms with Crippen molar-refractivity contribution in [1.29, 1.82) is 0 Å². The van der Waals surface area contributed by atoms with Gasteiger partial charge in [-0.3, -0.25) is 0 Å². The molecule has 2 N–H and O–H groups in total. The third-order valence-electron chi connectivity index (χ3n) is 5.97. The number of aliphatic hydroxyl groups excluding tert-OH is 2. The van der Waals surface area contributed by atoms with Crippen LogP contribution < -0.4 is 0 Å². The number of carbonyl (C=O) groups is 1. The number of cyclic esters (lactones) is 1. The molecule has 5 aliphatic rings. The molecule has 4 fully saturated rings. The predicted molar refractivity (Wildman–Crippen MR) is 71.4 cm³/mol. The number of carbonyl (C=O) groups excluding carboxylic acids is 1. The van der Waals surface area contributed by atoms with Crippen LogP contribution >= 0.6 is 0 Å². The number of aliphatic hydroxyl groups is 2. The van der Waals surface area contributed by atoms with Crippen LogP contribution in [0.2, 0.25) is 0 Å². The molecule has 4 nitrogen and oxygen atoms in total. The summed E-state index contributed by atoms with van der Waals surface area (Å²) < 4.78 is 4.68. The van der Waals surface area contributed by atoms with Crippen molar-refractivity contribution in [2.75, 3.05) is 0 Å². The Morgan fingerprint density at radius 2 is 1.75 bits per heavy atom. The van der Waals surface area contributed by atoms with Gasteiger partial charge in [-0.05, 0) is 68.1 Å². The molecule has 0 saturated heterocycles. The Labute approximate surface area is 118 Å². The van der Waals surface area contributed by atoms with Crippen LogP contribution in [0, 0.1) is 23.2 Å². The molecule has 4 heteroatoms. The molecule has 2 atom stereocenters. The summed E-state index contributed by atoms with van der Waals surface area (Å²) >= 11 is 0. The van der Waals surface area contributed by atoms with Gasteiger partial charge in [-0.2, -0.15) is 0 Å². The second kappa shape index (κ2) is 4.31. The number of ether oxygens (including phenoxy) is 1. The van der Waals surface area contributed by atoms with Crippen LogP contribution in [0.1, 0.15) is 44.9 Å². The van der Waals surface area contributed by atoms with Crippen LogP contribution in [-0.4, -0.2) is 28.6 Å². The fourth-order valence-electron chi connectivity index (χ4n) is 5.75. The molecule has 110 valence electrons. The first-order chi connectivity index (χ1) is 9.53. The quantitative estimate of drug-likeness (QED) is 0.772. The van der Waals surface area contributed by atoms with Gasteiger partial charge < -0.3 is 14.9 Å². The lowest BCUT2D eigenvalue weighted by atomic mass is 9.48. The lowest BCUT2D eigenvalue weighted by Crippen LogP contribution is -2.47. The van der Waals surface area contributed by atoms with Crippen LogP contribution in [-0.2, 0) is 9.53 Å². The minimum Gasteiger partial charge on any atom is -0.429 e. The Morgan fingerprint density at radius 3 is 2.20 bits per heavy atom. The first-order valence-electron chi connectivity index (χ1n) is 7.81. The molecule has 0 spiro atoms. The zero-order valence-electron chi connectivity index (χ0n) is 11.6. The summed E-state index contributed by atoms with van der Waals surface area (Å²) in [6, 6.07) is 0. The first kappa shape index (κ1) is 12.8. The molecule has 0 amide bonds. The van der Waals surface area contributed by atoms with E-state index in [0.717, 1.165) is 17.8 Å². The predicted octanol–water partition coefficient (Wildman–Crippen LogP) is 1.76. The van der Waals surface area contributed by atoms with Gasteiger partial charge in [-0.1, -0.05) is 0 Å². The van der Waals surface area contributed by atoms with E-state index in [0.29, 0.717) is 12.0 Å². The third kappa shape index (κ3) is 2.01. The van der Waals surface area contributed by atoms with Crippen LogP contribution in [0.15, 0.2) is 11.6 Å². The van der Waals surface area contributed by atoms with E-state index in [2.05, 4.69) is 4.74 Å². The van der Waals surface area contributed by atoms with Crippen molar-refractivity contribution in [3.05, 3.63) is 11.6 Å². The molecule has 0 aromatic carbocycles. The average Bonchev–Trinajstić information content (AvgIpc) is 2.66. The van der Waals surface area contributed by atoms with Gasteiger partial charge in [0.25, 0.3) is 0 Å². The van der Waals surface area contributed by atoms with E-state index in [4.69, 9.17) is 0 Å². The maximum Gasteiger partial charge on any atom is 0.333 e. The Kier molecular flexibility index (Phi) is 2.77. The monoisotopic (exact) mass is 278 g/mol. The van der Waals surface area contributed by atoms with Gasteiger partial charge in [0.15, 0.2) is 0 Å². The van der Waals surface area contributed by atoms with Crippen molar-refractivity contribution in [1.82, 2.24) is 0 Å². The molecule has 0 aromatic heterocycles. The zero-order chi connectivity index (χ0) is 13.9. The Bertz CT molecular complexity index is 432. The summed E-state index contributed by atoms with van der Waals surface area (Å²) in [5, 5.41) is 20.1. The minimum atomic E-state index is -1.24. The highest BCUT2D eigenvalue weighted by Crippen LogP contribution is 2.61. The molecule has 0 radical (unpaired) electrons. The van der Waals surface area contributed by atoms with Crippen molar-refractivity contribution in [3.8, 4) is 0 Å². The molecule has 4 aliphatic carbocycles. The van der Waals surface area contributed by atoms with Crippen molar-refractivity contribution in [3.63, 3.8) is 0 Å². The second-order valence-corrected chi connectivity index (χ2v) is 7.57. The molecular formula is C16H22O4. The van der Waals surface area contributed by atoms with Crippen molar-refractivity contribution >= 4 is 5.97 Å². The van der Waals surface area contributed by atoms with Crippen LogP contribution in [0.3, 0.4) is 0 Å². The van der Waals surface area contributed by atoms with Crippen LogP contribution in [0.25, 0.3) is 0 Å². The highest BCUT2D eigenvalue weighted by Gasteiger charge is 2.51. The smallest absolute Gasteiger partial charge is 0.333 e. The van der Waals surface area contributed by atoms with Gasteiger partial charge in [-0.15, -0.1) is 0 Å². The topological polar surface area (TPSA) is 66.8 Å². The highest BCUT2D eigenvalue weighted by molar-refractivity contribution is 5.85. The molecular weight excluding hydrogens is 256 g/mol. The Balaban J connectivity index is 1.51. The lowest BCUT2D eigenvalue weighted by molar-refractivity contribution is -0.152. The van der Waals surface area contributed by atoms with Crippen LogP contribution in [0.5, 0.6) is 0 Å². The summed E-state index contributed by atoms with van der Waals surface area (Å²) in [5.41, 5.74) is 0.589. The summed E-state index contributed by atoms with van der Waals surface area (Å²) in [6.45, 7) is 0. The maximum absolute atomic E-state index is 11.2. The summed E-state index contributed by atoms with van der Waals surface area (Å²) in [4.78, 5) is 11.2. The number of hydrogen-bond donors (Lipinski definition) is 2. The molecule has 4 bridgehead atoms. The van der Waals surface area contributed by atoms with Crippen molar-refractivity contribution < 1.29 is 19.7 Å². The van der Waals surface area contributed by atoms with Gasteiger partial charge in [0.1, 0.15) is 0 Å². The molecule has 1 heterocycles. The van der Waals surface area contributed by atoms with E-state index in [1.807, 2.05) is 0 Å². The third-order valence-corrected chi connectivity index (χ3v) is 5.97. The molecule has 2 unspecified atom stereocenters. The summed E-state index contributed by atoms with van der Waals surface area (Å²) in [7, 11) is 0. The Hall–Kier alpha value is -0.870. The average molecular weight is 278 g/mol. The van der Waals surface area contributed by atoms with E-state index >= 15 is 0 Å². The van der Waals surface area contributed by atoms with E-state index in [9.17, 15) is 15.0 Å². The van der Waals surface area contributed by atoms with E-state index in [1.165, 1.54) is 44.6 Å². The van der Waals surface area contributed by atoms with Gasteiger partial charge in [-0.25, -0.2) is 4.79 Å². The highest BCUT2D eigenvalue weighted by atomic mass is 16.6. The van der Waals surface area contributed by atoms with Crippen molar-refractivity contribution in [2.45, 2.75) is 57.3 Å². The van der Waals surface area contributed by atoms with Gasteiger partial charge in [0.2, 0.25) is 6.29 Å². The standard InChI is InChI=1S/C16H22O4/c17-13(12-4-14(18)20-15(12)19)8-16-5-9-1-10(6-16)3-11(2-9)7-16/h4,9-11,13,15,17,19H,1-3,5-8H2. The van der Waals surface area contributed by atoms with Gasteiger partial charge in [0, 0.05) is 11.6 Å². The molecule has 4 saturated carbocycles. The summed E-state index contributed by atoms with van der Waals surface area (Å²) in [6.07, 6.45) is 7.73. The van der Waals surface area contributed by atoms with E-state index in [-0.39, 0.29) is 5.41 Å². The van der Waals surface area contributed by atoms with E-state index in [1.54, 1.807) is 0 Å². The minimum absolute atomic E-state index is 0.236. The number of esters is 1. The fourth-order valence-corrected chi connectivity index (χ4v) is 5.75.